The number of halogens is 1. The summed E-state index contributed by atoms with van der Waals surface area (Å²) in [5.41, 5.74) is 2.21. The Morgan fingerprint density at radius 1 is 1.04 bits per heavy atom. The number of carbonyl (C=O) groups is 1. The zero-order chi connectivity index (χ0) is 18.2. The van der Waals surface area contributed by atoms with E-state index in [4.69, 9.17) is 4.74 Å². The maximum Gasteiger partial charge on any atom is 0.317 e. The van der Waals surface area contributed by atoms with Crippen molar-refractivity contribution < 1.29 is 13.9 Å². The van der Waals surface area contributed by atoms with Crippen LogP contribution in [0.1, 0.15) is 37.8 Å². The second kappa shape index (κ2) is 9.06. The Labute approximate surface area is 148 Å². The number of benzene rings is 2. The molecule has 25 heavy (non-hydrogen) atoms. The minimum atomic E-state index is -0.448. The summed E-state index contributed by atoms with van der Waals surface area (Å²) in [6, 6.07) is 13.8. The van der Waals surface area contributed by atoms with E-state index in [9.17, 15) is 9.18 Å². The molecule has 0 aliphatic carbocycles. The predicted molar refractivity (Wildman–Crippen MR) is 97.3 cm³/mol. The molecular formula is C20H25FN2O2. The molecular weight excluding hydrogens is 319 g/mol. The average Bonchev–Trinajstić information content (AvgIpc) is 2.57. The molecule has 5 heteroatoms. The standard InChI is InChI=1S/C20H25FN2O2/c1-14(2)17-6-10-19(11-7-17)25-15(3)23-20(24)22-13-12-16-4-8-18(21)9-5-16/h4-11,14-15H,12-13H2,1-3H3,(H2,22,23,24). The highest BCUT2D eigenvalue weighted by atomic mass is 19.1. The summed E-state index contributed by atoms with van der Waals surface area (Å²) in [5, 5.41) is 5.49. The smallest absolute Gasteiger partial charge is 0.317 e. The Morgan fingerprint density at radius 2 is 1.68 bits per heavy atom. The van der Waals surface area contributed by atoms with Crippen LogP contribution in [0.3, 0.4) is 0 Å². The molecule has 0 fully saturated rings. The predicted octanol–water partition coefficient (Wildman–Crippen LogP) is 4.22. The zero-order valence-electron chi connectivity index (χ0n) is 14.9. The molecule has 2 aromatic carbocycles. The number of hydrogen-bond donors (Lipinski definition) is 2. The summed E-state index contributed by atoms with van der Waals surface area (Å²) in [4.78, 5) is 11.9. The highest BCUT2D eigenvalue weighted by molar-refractivity contribution is 5.74. The summed E-state index contributed by atoms with van der Waals surface area (Å²) >= 11 is 0. The largest absolute Gasteiger partial charge is 0.471 e. The van der Waals surface area contributed by atoms with Crippen LogP contribution in [-0.4, -0.2) is 18.8 Å². The number of ether oxygens (including phenoxy) is 1. The molecule has 4 nitrogen and oxygen atoms in total. The van der Waals surface area contributed by atoms with E-state index in [1.807, 2.05) is 24.3 Å². The van der Waals surface area contributed by atoms with Gasteiger partial charge < -0.3 is 15.4 Å². The van der Waals surface area contributed by atoms with Crippen LogP contribution >= 0.6 is 0 Å². The van der Waals surface area contributed by atoms with E-state index < -0.39 is 6.23 Å². The topological polar surface area (TPSA) is 50.4 Å². The van der Waals surface area contributed by atoms with Gasteiger partial charge in [-0.3, -0.25) is 0 Å². The van der Waals surface area contributed by atoms with Gasteiger partial charge in [-0.2, -0.15) is 0 Å². The molecule has 0 aromatic heterocycles. The van der Waals surface area contributed by atoms with Gasteiger partial charge in [-0.1, -0.05) is 38.1 Å². The Bertz CT molecular complexity index is 669. The lowest BCUT2D eigenvalue weighted by molar-refractivity contribution is 0.177. The summed E-state index contributed by atoms with van der Waals surface area (Å²) in [5.74, 6) is 0.918. The minimum absolute atomic E-state index is 0.262. The quantitative estimate of drug-likeness (QED) is 0.739. The summed E-state index contributed by atoms with van der Waals surface area (Å²) < 4.78 is 18.5. The van der Waals surface area contributed by atoms with Crippen LogP contribution in [0.5, 0.6) is 5.75 Å². The normalized spacial score (nSPS) is 11.9. The van der Waals surface area contributed by atoms with Gasteiger partial charge >= 0.3 is 6.03 Å². The van der Waals surface area contributed by atoms with Crippen LogP contribution in [0.25, 0.3) is 0 Å². The van der Waals surface area contributed by atoms with E-state index in [0.717, 1.165) is 5.56 Å². The van der Waals surface area contributed by atoms with Crippen molar-refractivity contribution in [3.8, 4) is 5.75 Å². The molecule has 0 aliphatic heterocycles. The van der Waals surface area contributed by atoms with Crippen molar-refractivity contribution in [2.75, 3.05) is 6.54 Å². The van der Waals surface area contributed by atoms with Gasteiger partial charge in [0.1, 0.15) is 11.6 Å². The van der Waals surface area contributed by atoms with Gasteiger partial charge in [0.05, 0.1) is 0 Å². The molecule has 2 aromatic rings. The van der Waals surface area contributed by atoms with Crippen molar-refractivity contribution in [1.29, 1.82) is 0 Å². The van der Waals surface area contributed by atoms with Crippen molar-refractivity contribution in [1.82, 2.24) is 10.6 Å². The number of hydrogen-bond acceptors (Lipinski definition) is 2. The SMILES string of the molecule is CC(NC(=O)NCCc1ccc(F)cc1)Oc1ccc(C(C)C)cc1. The van der Waals surface area contributed by atoms with Crippen LogP contribution in [0, 0.1) is 5.82 Å². The van der Waals surface area contributed by atoms with Crippen LogP contribution in [0.4, 0.5) is 9.18 Å². The molecule has 2 N–H and O–H groups in total. The van der Waals surface area contributed by atoms with Crippen LogP contribution in [0.15, 0.2) is 48.5 Å². The van der Waals surface area contributed by atoms with E-state index in [-0.39, 0.29) is 11.8 Å². The summed E-state index contributed by atoms with van der Waals surface area (Å²) in [6.45, 7) is 6.51. The molecule has 0 bridgehead atoms. The molecule has 0 saturated heterocycles. The Balaban J connectivity index is 1.71. The monoisotopic (exact) mass is 344 g/mol. The fourth-order valence-electron chi connectivity index (χ4n) is 2.37. The molecule has 0 radical (unpaired) electrons. The molecule has 2 rings (SSSR count). The number of amides is 2. The van der Waals surface area contributed by atoms with Gasteiger partial charge in [-0.15, -0.1) is 0 Å². The van der Waals surface area contributed by atoms with E-state index in [1.165, 1.54) is 17.7 Å². The molecule has 0 saturated carbocycles. The van der Waals surface area contributed by atoms with Crippen LogP contribution in [0.2, 0.25) is 0 Å². The zero-order valence-corrected chi connectivity index (χ0v) is 14.9. The van der Waals surface area contributed by atoms with Crippen molar-refractivity contribution >= 4 is 6.03 Å². The van der Waals surface area contributed by atoms with Gasteiger partial charge in [-0.25, -0.2) is 9.18 Å². The fourth-order valence-corrected chi connectivity index (χ4v) is 2.37. The van der Waals surface area contributed by atoms with Crippen molar-refractivity contribution in [3.05, 3.63) is 65.5 Å². The summed E-state index contributed by atoms with van der Waals surface area (Å²) in [7, 11) is 0. The lowest BCUT2D eigenvalue weighted by Crippen LogP contribution is -2.43. The van der Waals surface area contributed by atoms with Gasteiger partial charge in [0.25, 0.3) is 0 Å². The van der Waals surface area contributed by atoms with Gasteiger partial charge in [0.15, 0.2) is 6.23 Å². The van der Waals surface area contributed by atoms with Gasteiger partial charge in [-0.05, 0) is 54.7 Å². The van der Waals surface area contributed by atoms with Crippen molar-refractivity contribution in [2.45, 2.75) is 39.3 Å². The third kappa shape index (κ3) is 6.45. The van der Waals surface area contributed by atoms with Gasteiger partial charge in [0, 0.05) is 6.54 Å². The third-order valence-electron chi connectivity index (χ3n) is 3.81. The molecule has 0 spiro atoms. The number of rotatable bonds is 7. The van der Waals surface area contributed by atoms with E-state index in [2.05, 4.69) is 24.5 Å². The lowest BCUT2D eigenvalue weighted by atomic mass is 10.0. The van der Waals surface area contributed by atoms with Crippen molar-refractivity contribution in [3.63, 3.8) is 0 Å². The second-order valence-electron chi connectivity index (χ2n) is 6.26. The Hall–Kier alpha value is -2.56. The molecule has 2 amide bonds. The number of carbonyl (C=O) groups excluding carboxylic acids is 1. The molecule has 134 valence electrons. The second-order valence-corrected chi connectivity index (χ2v) is 6.26. The van der Waals surface area contributed by atoms with E-state index >= 15 is 0 Å². The molecule has 1 unspecified atom stereocenters. The maximum absolute atomic E-state index is 12.8. The average molecular weight is 344 g/mol. The number of urea groups is 1. The highest BCUT2D eigenvalue weighted by Gasteiger charge is 2.08. The first-order valence-corrected chi connectivity index (χ1v) is 8.49. The molecule has 0 heterocycles. The highest BCUT2D eigenvalue weighted by Crippen LogP contribution is 2.19. The summed E-state index contributed by atoms with van der Waals surface area (Å²) in [6.07, 6.45) is 0.190. The fraction of sp³-hybridized carbons (Fsp3) is 0.350. The first kappa shape index (κ1) is 18.8. The van der Waals surface area contributed by atoms with E-state index in [1.54, 1.807) is 19.1 Å². The van der Waals surface area contributed by atoms with Crippen molar-refractivity contribution in [2.24, 2.45) is 0 Å². The first-order valence-electron chi connectivity index (χ1n) is 8.49. The van der Waals surface area contributed by atoms with Crippen LogP contribution in [-0.2, 0) is 6.42 Å². The third-order valence-corrected chi connectivity index (χ3v) is 3.81. The molecule has 0 aliphatic rings. The van der Waals surface area contributed by atoms with E-state index in [0.29, 0.717) is 24.6 Å². The Kier molecular flexibility index (Phi) is 6.81. The number of nitrogens with one attached hydrogen (secondary N) is 2. The maximum atomic E-state index is 12.8. The Morgan fingerprint density at radius 3 is 2.28 bits per heavy atom. The van der Waals surface area contributed by atoms with Gasteiger partial charge in [0.2, 0.25) is 0 Å². The van der Waals surface area contributed by atoms with Crippen LogP contribution < -0.4 is 15.4 Å². The molecule has 1 atom stereocenters. The first-order chi connectivity index (χ1) is 11.9. The lowest BCUT2D eigenvalue weighted by Gasteiger charge is -2.17. The minimum Gasteiger partial charge on any atom is -0.471 e.